The maximum Gasteiger partial charge on any atom is 0.143 e. The molecule has 17 heavy (non-hydrogen) atoms. The molecule has 0 unspecified atom stereocenters. The maximum atomic E-state index is 13.5. The molecule has 0 amide bonds. The highest BCUT2D eigenvalue weighted by atomic mass is 35.5. The van der Waals surface area contributed by atoms with Crippen molar-refractivity contribution >= 4 is 17.3 Å². The monoisotopic (exact) mass is 256 g/mol. The number of halogens is 2. The minimum atomic E-state index is -0.348. The normalized spacial score (nSPS) is 20.1. The third kappa shape index (κ3) is 3.11. The maximum absolute atomic E-state index is 13.5. The minimum Gasteiger partial charge on any atom is -0.370 e. The molecule has 0 atom stereocenters. The standard InChI is InChI=1S/C13H18ClFN2/c1-13(2)9-17(7-3-6-16-13)10-4-5-11(14)12(15)8-10/h4-5,8,16H,3,6-7,9H2,1-2H3. The average molecular weight is 257 g/mol. The van der Waals surface area contributed by atoms with Gasteiger partial charge in [-0.25, -0.2) is 4.39 Å². The summed E-state index contributed by atoms with van der Waals surface area (Å²) in [5.74, 6) is -0.348. The highest BCUT2D eigenvalue weighted by Gasteiger charge is 2.24. The Morgan fingerprint density at radius 1 is 1.41 bits per heavy atom. The van der Waals surface area contributed by atoms with Crippen LogP contribution in [-0.4, -0.2) is 25.2 Å². The molecule has 1 fully saturated rings. The van der Waals surface area contributed by atoms with Crippen LogP contribution in [0.4, 0.5) is 10.1 Å². The van der Waals surface area contributed by atoms with E-state index in [2.05, 4.69) is 24.1 Å². The van der Waals surface area contributed by atoms with E-state index < -0.39 is 0 Å². The second-order valence-electron chi connectivity index (χ2n) is 5.18. The van der Waals surface area contributed by atoms with Gasteiger partial charge in [0.25, 0.3) is 0 Å². The predicted octanol–water partition coefficient (Wildman–Crippen LogP) is 3.06. The quantitative estimate of drug-likeness (QED) is 0.831. The zero-order valence-corrected chi connectivity index (χ0v) is 11.0. The van der Waals surface area contributed by atoms with Crippen LogP contribution in [0.25, 0.3) is 0 Å². The van der Waals surface area contributed by atoms with Gasteiger partial charge in [0.15, 0.2) is 0 Å². The van der Waals surface area contributed by atoms with Crippen LogP contribution in [-0.2, 0) is 0 Å². The first-order valence-corrected chi connectivity index (χ1v) is 6.31. The fourth-order valence-electron chi connectivity index (χ4n) is 2.21. The van der Waals surface area contributed by atoms with Gasteiger partial charge >= 0.3 is 0 Å². The molecule has 1 heterocycles. The smallest absolute Gasteiger partial charge is 0.143 e. The van der Waals surface area contributed by atoms with E-state index in [1.807, 2.05) is 6.07 Å². The van der Waals surface area contributed by atoms with Crippen molar-refractivity contribution < 1.29 is 4.39 Å². The van der Waals surface area contributed by atoms with Crippen LogP contribution < -0.4 is 10.2 Å². The van der Waals surface area contributed by atoms with Crippen molar-refractivity contribution in [3.8, 4) is 0 Å². The van der Waals surface area contributed by atoms with Crippen LogP contribution in [0, 0.1) is 5.82 Å². The first-order valence-electron chi connectivity index (χ1n) is 5.93. The summed E-state index contributed by atoms with van der Waals surface area (Å²) in [5.41, 5.74) is 0.954. The molecule has 2 nitrogen and oxygen atoms in total. The summed E-state index contributed by atoms with van der Waals surface area (Å²) in [6.45, 7) is 7.14. The lowest BCUT2D eigenvalue weighted by molar-refractivity contribution is 0.416. The van der Waals surface area contributed by atoms with Crippen LogP contribution >= 0.6 is 11.6 Å². The largest absolute Gasteiger partial charge is 0.370 e. The van der Waals surface area contributed by atoms with Crippen LogP contribution in [0.1, 0.15) is 20.3 Å². The van der Waals surface area contributed by atoms with E-state index in [1.165, 1.54) is 6.07 Å². The van der Waals surface area contributed by atoms with E-state index >= 15 is 0 Å². The highest BCUT2D eigenvalue weighted by molar-refractivity contribution is 6.30. The second-order valence-corrected chi connectivity index (χ2v) is 5.59. The third-order valence-corrected chi connectivity index (χ3v) is 3.37. The number of benzene rings is 1. The zero-order valence-electron chi connectivity index (χ0n) is 10.3. The lowest BCUT2D eigenvalue weighted by atomic mass is 10.1. The first-order chi connectivity index (χ1) is 7.98. The van der Waals surface area contributed by atoms with Gasteiger partial charge in [0, 0.05) is 24.3 Å². The Kier molecular flexibility index (Phi) is 3.59. The Morgan fingerprint density at radius 2 is 2.18 bits per heavy atom. The molecular weight excluding hydrogens is 239 g/mol. The zero-order chi connectivity index (χ0) is 12.5. The summed E-state index contributed by atoms with van der Waals surface area (Å²) >= 11 is 5.70. The lowest BCUT2D eigenvalue weighted by Crippen LogP contribution is -2.46. The molecule has 0 spiro atoms. The lowest BCUT2D eigenvalue weighted by Gasteiger charge is -2.31. The number of nitrogens with zero attached hydrogens (tertiary/aromatic N) is 1. The van der Waals surface area contributed by atoms with Gasteiger partial charge in [-0.2, -0.15) is 0 Å². The van der Waals surface area contributed by atoms with Crippen LogP contribution in [0.3, 0.4) is 0 Å². The molecule has 1 aromatic carbocycles. The van der Waals surface area contributed by atoms with Crippen molar-refractivity contribution in [1.82, 2.24) is 5.32 Å². The van der Waals surface area contributed by atoms with E-state index in [0.29, 0.717) is 0 Å². The molecule has 1 aliphatic rings. The SMILES string of the molecule is CC1(C)CN(c2ccc(Cl)c(F)c2)CCCN1. The van der Waals surface area contributed by atoms with Crippen LogP contribution in [0.2, 0.25) is 5.02 Å². The first kappa shape index (κ1) is 12.7. The fraction of sp³-hybridized carbons (Fsp3) is 0.538. The molecule has 0 bridgehead atoms. The summed E-state index contributed by atoms with van der Waals surface area (Å²) < 4.78 is 13.5. The molecular formula is C13H18ClFN2. The summed E-state index contributed by atoms with van der Waals surface area (Å²) in [4.78, 5) is 2.21. The van der Waals surface area contributed by atoms with Gasteiger partial charge in [0.1, 0.15) is 5.82 Å². The second kappa shape index (κ2) is 4.83. The number of hydrogen-bond donors (Lipinski definition) is 1. The predicted molar refractivity (Wildman–Crippen MR) is 70.3 cm³/mol. The highest BCUT2D eigenvalue weighted by Crippen LogP contribution is 2.24. The van der Waals surface area contributed by atoms with Gasteiger partial charge < -0.3 is 10.2 Å². The van der Waals surface area contributed by atoms with Crippen molar-refractivity contribution in [3.05, 3.63) is 29.0 Å². The average Bonchev–Trinajstić information content (AvgIpc) is 2.43. The minimum absolute atomic E-state index is 0.0482. The topological polar surface area (TPSA) is 15.3 Å². The van der Waals surface area contributed by atoms with Crippen molar-refractivity contribution in [3.63, 3.8) is 0 Å². The van der Waals surface area contributed by atoms with Gasteiger partial charge in [0.2, 0.25) is 0 Å². The number of rotatable bonds is 1. The molecule has 0 aliphatic carbocycles. The number of hydrogen-bond acceptors (Lipinski definition) is 2. The van der Waals surface area contributed by atoms with E-state index in [1.54, 1.807) is 6.07 Å². The van der Waals surface area contributed by atoms with Crippen LogP contribution in [0.5, 0.6) is 0 Å². The van der Waals surface area contributed by atoms with Crippen molar-refractivity contribution in [2.24, 2.45) is 0 Å². The van der Waals surface area contributed by atoms with Gasteiger partial charge in [-0.05, 0) is 45.0 Å². The van der Waals surface area contributed by atoms with Gasteiger partial charge in [-0.1, -0.05) is 11.6 Å². The van der Waals surface area contributed by atoms with Crippen molar-refractivity contribution in [2.45, 2.75) is 25.8 Å². The molecule has 0 radical (unpaired) electrons. The van der Waals surface area contributed by atoms with Crippen LogP contribution in [0.15, 0.2) is 18.2 Å². The molecule has 94 valence electrons. The molecule has 1 aliphatic heterocycles. The molecule has 4 heteroatoms. The summed E-state index contributed by atoms with van der Waals surface area (Å²) in [7, 11) is 0. The Hall–Kier alpha value is -0.800. The molecule has 1 N–H and O–H groups in total. The van der Waals surface area contributed by atoms with Gasteiger partial charge in [-0.3, -0.25) is 0 Å². The van der Waals surface area contributed by atoms with Crippen molar-refractivity contribution in [1.29, 1.82) is 0 Å². The van der Waals surface area contributed by atoms with Gasteiger partial charge in [0.05, 0.1) is 5.02 Å². The summed E-state index contributed by atoms with van der Waals surface area (Å²) in [6.07, 6.45) is 1.06. The Balaban J connectivity index is 2.22. The molecule has 2 rings (SSSR count). The van der Waals surface area contributed by atoms with Crippen molar-refractivity contribution in [2.75, 3.05) is 24.5 Å². The fourth-order valence-corrected chi connectivity index (χ4v) is 2.33. The molecule has 1 aromatic rings. The summed E-state index contributed by atoms with van der Waals surface area (Å²) in [6, 6.07) is 5.02. The van der Waals surface area contributed by atoms with E-state index in [-0.39, 0.29) is 16.4 Å². The number of anilines is 1. The Labute approximate surface area is 107 Å². The Bertz CT molecular complexity index is 406. The molecule has 1 saturated heterocycles. The molecule has 0 aromatic heterocycles. The number of nitrogens with one attached hydrogen (secondary N) is 1. The third-order valence-electron chi connectivity index (χ3n) is 3.06. The Morgan fingerprint density at radius 3 is 2.88 bits per heavy atom. The van der Waals surface area contributed by atoms with E-state index in [0.717, 1.165) is 31.7 Å². The van der Waals surface area contributed by atoms with E-state index in [9.17, 15) is 4.39 Å². The summed E-state index contributed by atoms with van der Waals surface area (Å²) in [5, 5.41) is 3.67. The molecule has 0 saturated carbocycles. The van der Waals surface area contributed by atoms with E-state index in [4.69, 9.17) is 11.6 Å². The van der Waals surface area contributed by atoms with Gasteiger partial charge in [-0.15, -0.1) is 0 Å².